The van der Waals surface area contributed by atoms with Crippen LogP contribution in [0.25, 0.3) is 10.8 Å². The highest BCUT2D eigenvalue weighted by Gasteiger charge is 2.11. The van der Waals surface area contributed by atoms with E-state index in [-0.39, 0.29) is 5.75 Å². The lowest BCUT2D eigenvalue weighted by molar-refractivity contribution is -0.0499. The van der Waals surface area contributed by atoms with Crippen LogP contribution in [0.2, 0.25) is 0 Å². The van der Waals surface area contributed by atoms with Crippen molar-refractivity contribution < 1.29 is 13.5 Å². The van der Waals surface area contributed by atoms with E-state index in [0.29, 0.717) is 17.9 Å². The molecule has 2 aromatic rings. The topological polar surface area (TPSA) is 9.23 Å². The second-order valence-corrected chi connectivity index (χ2v) is 4.16. The summed E-state index contributed by atoms with van der Waals surface area (Å²) in [6.07, 6.45) is 0.499. The van der Waals surface area contributed by atoms with Crippen LogP contribution in [-0.4, -0.2) is 12.5 Å². The van der Waals surface area contributed by atoms with E-state index in [1.54, 1.807) is 6.07 Å². The minimum Gasteiger partial charge on any atom is -0.433 e. The highest BCUT2D eigenvalue weighted by molar-refractivity contribution is 6.18. The molecule has 0 N–H and O–H groups in total. The lowest BCUT2D eigenvalue weighted by Crippen LogP contribution is -2.03. The van der Waals surface area contributed by atoms with Crippen molar-refractivity contribution in [1.82, 2.24) is 0 Å². The second kappa shape index (κ2) is 6.40. The molecule has 0 aliphatic carbocycles. The summed E-state index contributed by atoms with van der Waals surface area (Å²) in [5.41, 5.74) is 0.475. The SMILES string of the molecule is FC(F)Oc1ccc2ccccc2c1C#CCCCl. The van der Waals surface area contributed by atoms with Gasteiger partial charge in [-0.25, -0.2) is 0 Å². The van der Waals surface area contributed by atoms with Crippen molar-refractivity contribution in [1.29, 1.82) is 0 Å². The third-order valence-electron chi connectivity index (χ3n) is 2.54. The van der Waals surface area contributed by atoms with Gasteiger partial charge in [-0.2, -0.15) is 8.78 Å². The normalized spacial score (nSPS) is 10.3. The molecule has 0 saturated carbocycles. The Balaban J connectivity index is 2.55. The molecule has 0 aliphatic rings. The van der Waals surface area contributed by atoms with Gasteiger partial charge < -0.3 is 4.74 Å². The van der Waals surface area contributed by atoms with Gasteiger partial charge in [0.2, 0.25) is 0 Å². The average molecular weight is 281 g/mol. The minimum atomic E-state index is -2.87. The standard InChI is InChI=1S/C15H11ClF2O/c16-10-4-3-7-13-12-6-2-1-5-11(12)8-9-14(13)19-15(17)18/h1-2,5-6,8-9,15H,4,10H2. The first kappa shape index (κ1) is 13.6. The van der Waals surface area contributed by atoms with Crippen LogP contribution in [-0.2, 0) is 0 Å². The van der Waals surface area contributed by atoms with E-state index in [4.69, 9.17) is 11.6 Å². The molecule has 0 amide bonds. The maximum atomic E-state index is 12.4. The zero-order valence-electron chi connectivity index (χ0n) is 10.00. The Kier molecular flexibility index (Phi) is 4.59. The fourth-order valence-corrected chi connectivity index (χ4v) is 1.87. The zero-order chi connectivity index (χ0) is 13.7. The van der Waals surface area contributed by atoms with Crippen LogP contribution < -0.4 is 4.74 Å². The molecular weight excluding hydrogens is 270 g/mol. The fourth-order valence-electron chi connectivity index (χ4n) is 1.77. The summed E-state index contributed by atoms with van der Waals surface area (Å²) >= 11 is 5.56. The average Bonchev–Trinajstić information content (AvgIpc) is 2.40. The van der Waals surface area contributed by atoms with E-state index in [9.17, 15) is 8.78 Å². The Hall–Kier alpha value is -1.79. The predicted octanol–water partition coefficient (Wildman–Crippen LogP) is 4.42. The van der Waals surface area contributed by atoms with E-state index in [2.05, 4.69) is 16.6 Å². The van der Waals surface area contributed by atoms with Gasteiger partial charge in [0.15, 0.2) is 0 Å². The van der Waals surface area contributed by atoms with Crippen molar-refractivity contribution in [3.63, 3.8) is 0 Å². The summed E-state index contributed by atoms with van der Waals surface area (Å²) in [4.78, 5) is 0. The summed E-state index contributed by atoms with van der Waals surface area (Å²) in [6, 6.07) is 10.7. The van der Waals surface area contributed by atoms with Crippen LogP contribution in [0.3, 0.4) is 0 Å². The van der Waals surface area contributed by atoms with Gasteiger partial charge in [0.25, 0.3) is 0 Å². The Morgan fingerprint density at radius 2 is 1.95 bits per heavy atom. The Morgan fingerprint density at radius 1 is 1.16 bits per heavy atom. The summed E-state index contributed by atoms with van der Waals surface area (Å²) in [6.45, 7) is -2.87. The molecule has 2 rings (SSSR count). The first-order chi connectivity index (χ1) is 9.22. The fraction of sp³-hybridized carbons (Fsp3) is 0.200. The van der Waals surface area contributed by atoms with Gasteiger partial charge in [-0.1, -0.05) is 42.2 Å². The van der Waals surface area contributed by atoms with Crippen molar-refractivity contribution in [3.8, 4) is 17.6 Å². The van der Waals surface area contributed by atoms with Gasteiger partial charge in [0.05, 0.1) is 5.56 Å². The number of halogens is 3. The molecule has 98 valence electrons. The van der Waals surface area contributed by atoms with E-state index >= 15 is 0 Å². The van der Waals surface area contributed by atoms with Crippen molar-refractivity contribution >= 4 is 22.4 Å². The van der Waals surface area contributed by atoms with Gasteiger partial charge >= 0.3 is 6.61 Å². The molecular formula is C15H11ClF2O. The number of fused-ring (bicyclic) bond motifs is 1. The lowest BCUT2D eigenvalue weighted by Gasteiger charge is -2.09. The van der Waals surface area contributed by atoms with Crippen molar-refractivity contribution in [3.05, 3.63) is 42.0 Å². The van der Waals surface area contributed by atoms with E-state index in [1.165, 1.54) is 6.07 Å². The summed E-state index contributed by atoms with van der Waals surface area (Å²) < 4.78 is 29.3. The first-order valence-corrected chi connectivity index (χ1v) is 6.27. The van der Waals surface area contributed by atoms with Gasteiger partial charge in [-0.3, -0.25) is 0 Å². The van der Waals surface area contributed by atoms with Crippen LogP contribution in [0.15, 0.2) is 36.4 Å². The third kappa shape index (κ3) is 3.36. The smallest absolute Gasteiger partial charge is 0.387 e. The molecule has 0 aromatic heterocycles. The molecule has 19 heavy (non-hydrogen) atoms. The van der Waals surface area contributed by atoms with Gasteiger partial charge in [-0.05, 0) is 11.5 Å². The van der Waals surface area contributed by atoms with Crippen molar-refractivity contribution in [2.24, 2.45) is 0 Å². The highest BCUT2D eigenvalue weighted by atomic mass is 35.5. The predicted molar refractivity (Wildman–Crippen MR) is 72.8 cm³/mol. The first-order valence-electron chi connectivity index (χ1n) is 5.74. The minimum absolute atomic E-state index is 0.0933. The monoisotopic (exact) mass is 280 g/mol. The molecule has 0 unspecified atom stereocenters. The van der Waals surface area contributed by atoms with E-state index < -0.39 is 6.61 Å². The number of rotatable bonds is 3. The van der Waals surface area contributed by atoms with Crippen LogP contribution in [0.1, 0.15) is 12.0 Å². The molecule has 4 heteroatoms. The summed E-state index contributed by atoms with van der Waals surface area (Å²) in [5, 5.41) is 1.72. The van der Waals surface area contributed by atoms with Gasteiger partial charge in [0.1, 0.15) is 5.75 Å². The third-order valence-corrected chi connectivity index (χ3v) is 2.73. The molecule has 0 radical (unpaired) electrons. The number of hydrogen-bond acceptors (Lipinski definition) is 1. The molecule has 2 aromatic carbocycles. The number of alkyl halides is 3. The largest absolute Gasteiger partial charge is 0.433 e. The maximum Gasteiger partial charge on any atom is 0.387 e. The molecule has 1 nitrogen and oxygen atoms in total. The van der Waals surface area contributed by atoms with Crippen LogP contribution in [0, 0.1) is 11.8 Å². The van der Waals surface area contributed by atoms with Crippen LogP contribution >= 0.6 is 11.6 Å². The summed E-state index contributed by atoms with van der Waals surface area (Å²) in [5.74, 6) is 6.22. The quantitative estimate of drug-likeness (QED) is 0.597. The van der Waals surface area contributed by atoms with Crippen LogP contribution in [0.5, 0.6) is 5.75 Å². The number of ether oxygens (including phenoxy) is 1. The highest BCUT2D eigenvalue weighted by Crippen LogP contribution is 2.28. The van der Waals surface area contributed by atoms with E-state index in [1.807, 2.05) is 24.3 Å². The number of benzene rings is 2. The molecule has 0 saturated heterocycles. The Bertz CT molecular complexity index is 629. The number of hydrogen-bond donors (Lipinski definition) is 0. The summed E-state index contributed by atoms with van der Waals surface area (Å²) in [7, 11) is 0. The van der Waals surface area contributed by atoms with Crippen LogP contribution in [0.4, 0.5) is 8.78 Å². The van der Waals surface area contributed by atoms with Crippen molar-refractivity contribution in [2.45, 2.75) is 13.0 Å². The molecule has 0 spiro atoms. The molecule has 0 fully saturated rings. The molecule has 0 heterocycles. The van der Waals surface area contributed by atoms with Gasteiger partial charge in [-0.15, -0.1) is 11.6 Å². The van der Waals surface area contributed by atoms with E-state index in [0.717, 1.165) is 10.8 Å². The maximum absolute atomic E-state index is 12.4. The zero-order valence-corrected chi connectivity index (χ0v) is 10.8. The van der Waals surface area contributed by atoms with Gasteiger partial charge in [0, 0.05) is 17.7 Å². The van der Waals surface area contributed by atoms with Crippen molar-refractivity contribution in [2.75, 3.05) is 5.88 Å². The Morgan fingerprint density at radius 3 is 2.68 bits per heavy atom. The Labute approximate surface area is 115 Å². The molecule has 0 aliphatic heterocycles. The lowest BCUT2D eigenvalue weighted by atomic mass is 10.0. The molecule has 0 bridgehead atoms. The molecule has 0 atom stereocenters. The second-order valence-electron chi connectivity index (χ2n) is 3.78.